The Balaban J connectivity index is 1.72. The Kier molecular flexibility index (Phi) is 5.44. The van der Waals surface area contributed by atoms with Gasteiger partial charge in [0.1, 0.15) is 10.5 Å². The van der Waals surface area contributed by atoms with Crippen LogP contribution in [0.2, 0.25) is 0 Å². The molecule has 1 atom stereocenters. The van der Waals surface area contributed by atoms with E-state index in [0.29, 0.717) is 18.5 Å². The molecule has 4 heterocycles. The van der Waals surface area contributed by atoms with E-state index in [4.69, 9.17) is 10.8 Å². The van der Waals surface area contributed by atoms with E-state index in [1.54, 1.807) is 35.5 Å². The molecule has 3 N–H and O–H groups in total. The third-order valence-corrected chi connectivity index (χ3v) is 6.48. The van der Waals surface area contributed by atoms with Crippen molar-refractivity contribution < 1.29 is 0 Å². The topological polar surface area (TPSA) is 111 Å². The maximum absolute atomic E-state index is 13.2. The lowest BCUT2D eigenvalue weighted by Gasteiger charge is -2.18. The number of hydrazine groups is 1. The molecular formula is C20H26N8OS. The molecule has 0 saturated carbocycles. The number of hydrogen-bond acceptors (Lipinski definition) is 7. The van der Waals surface area contributed by atoms with Crippen molar-refractivity contribution in [3.63, 3.8) is 0 Å². The Bertz CT molecular complexity index is 1260. The molecule has 0 bridgehead atoms. The third-order valence-electron chi connectivity index (χ3n) is 5.40. The molecular weight excluding hydrogens is 400 g/mol. The number of allylic oxidation sites excluding steroid dienone is 1. The molecule has 0 saturated heterocycles. The predicted octanol–water partition coefficient (Wildman–Crippen LogP) is 2.39. The first-order chi connectivity index (χ1) is 14.4. The molecule has 1 unspecified atom stereocenters. The maximum atomic E-state index is 13.2. The first-order valence-electron chi connectivity index (χ1n) is 9.87. The van der Waals surface area contributed by atoms with E-state index >= 15 is 0 Å². The van der Waals surface area contributed by atoms with Crippen molar-refractivity contribution in [1.82, 2.24) is 34.5 Å². The van der Waals surface area contributed by atoms with E-state index in [2.05, 4.69) is 22.2 Å². The summed E-state index contributed by atoms with van der Waals surface area (Å²) in [7, 11) is 3.68. The normalized spacial score (nSPS) is 13.4. The van der Waals surface area contributed by atoms with Gasteiger partial charge in [-0.1, -0.05) is 12.5 Å². The average molecular weight is 427 g/mol. The van der Waals surface area contributed by atoms with Crippen molar-refractivity contribution in [1.29, 1.82) is 0 Å². The summed E-state index contributed by atoms with van der Waals surface area (Å²) < 4.78 is 4.42. The summed E-state index contributed by atoms with van der Waals surface area (Å²) in [5.74, 6) is 5.93. The van der Waals surface area contributed by atoms with Gasteiger partial charge in [-0.25, -0.2) is 15.5 Å². The zero-order valence-corrected chi connectivity index (χ0v) is 18.4. The Labute approximate surface area is 177 Å². The van der Waals surface area contributed by atoms with Gasteiger partial charge in [0, 0.05) is 44.2 Å². The number of H-pyrrole nitrogens is 1. The Hall–Kier alpha value is -2.98. The van der Waals surface area contributed by atoms with Crippen LogP contribution in [0.5, 0.6) is 0 Å². The van der Waals surface area contributed by atoms with Crippen LogP contribution < -0.4 is 11.4 Å². The smallest absolute Gasteiger partial charge is 0.291 e. The average Bonchev–Trinajstić information content (AvgIpc) is 3.40. The van der Waals surface area contributed by atoms with Gasteiger partial charge in [0.05, 0.1) is 23.1 Å². The fourth-order valence-corrected chi connectivity index (χ4v) is 4.93. The number of aromatic nitrogens is 6. The molecule has 0 spiro atoms. The third kappa shape index (κ3) is 3.63. The van der Waals surface area contributed by atoms with Gasteiger partial charge < -0.3 is 9.58 Å². The second kappa shape index (κ2) is 8.04. The quantitative estimate of drug-likeness (QED) is 0.347. The molecule has 30 heavy (non-hydrogen) atoms. The van der Waals surface area contributed by atoms with Crippen LogP contribution in [-0.2, 0) is 20.0 Å². The number of thiazole rings is 1. The lowest BCUT2D eigenvalue weighted by molar-refractivity contribution is 0.422. The van der Waals surface area contributed by atoms with E-state index < -0.39 is 0 Å². The molecule has 9 nitrogen and oxygen atoms in total. The molecule has 0 amide bonds. The van der Waals surface area contributed by atoms with Gasteiger partial charge in [-0.3, -0.25) is 9.89 Å². The minimum atomic E-state index is -0.0959. The monoisotopic (exact) mass is 426 g/mol. The number of nitrogens with two attached hydrogens (primary N) is 1. The van der Waals surface area contributed by atoms with E-state index in [-0.39, 0.29) is 11.5 Å². The molecule has 10 heteroatoms. The molecule has 0 aliphatic heterocycles. The second-order valence-corrected chi connectivity index (χ2v) is 8.68. The first-order valence-corrected chi connectivity index (χ1v) is 10.7. The first kappa shape index (κ1) is 20.3. The Morgan fingerprint density at radius 2 is 2.27 bits per heavy atom. The van der Waals surface area contributed by atoms with Crippen molar-refractivity contribution in [2.24, 2.45) is 18.8 Å². The zero-order chi connectivity index (χ0) is 21.4. The van der Waals surface area contributed by atoms with Crippen LogP contribution in [0.15, 0.2) is 35.0 Å². The maximum Gasteiger partial charge on any atom is 0.291 e. The van der Waals surface area contributed by atoms with Gasteiger partial charge >= 0.3 is 0 Å². The summed E-state index contributed by atoms with van der Waals surface area (Å²) in [4.78, 5) is 18.0. The summed E-state index contributed by atoms with van der Waals surface area (Å²) in [5, 5.41) is 14.9. The minimum absolute atomic E-state index is 0.0959. The highest BCUT2D eigenvalue weighted by molar-refractivity contribution is 7.19. The van der Waals surface area contributed by atoms with Crippen LogP contribution in [-0.4, -0.2) is 41.6 Å². The van der Waals surface area contributed by atoms with Crippen molar-refractivity contribution in [3.05, 3.63) is 51.3 Å². The zero-order valence-electron chi connectivity index (χ0n) is 17.6. The van der Waals surface area contributed by atoms with Crippen molar-refractivity contribution in [2.75, 3.05) is 7.05 Å². The van der Waals surface area contributed by atoms with E-state index in [1.165, 1.54) is 5.01 Å². The fourth-order valence-electron chi connectivity index (χ4n) is 3.81. The predicted molar refractivity (Wildman–Crippen MR) is 119 cm³/mol. The lowest BCUT2D eigenvalue weighted by Crippen LogP contribution is -2.28. The fraction of sp³-hybridized carbons (Fsp3) is 0.400. The summed E-state index contributed by atoms with van der Waals surface area (Å²) in [6, 6.07) is 1.94. The van der Waals surface area contributed by atoms with Crippen LogP contribution in [0.4, 0.5) is 0 Å². The molecule has 0 radical (unpaired) electrons. The summed E-state index contributed by atoms with van der Waals surface area (Å²) in [6.45, 7) is 4.65. The summed E-state index contributed by atoms with van der Waals surface area (Å²) >= 11 is 1.59. The highest BCUT2D eigenvalue weighted by atomic mass is 32.1. The van der Waals surface area contributed by atoms with Gasteiger partial charge in [0.15, 0.2) is 5.65 Å². The van der Waals surface area contributed by atoms with Crippen LogP contribution in [0.25, 0.3) is 21.3 Å². The highest BCUT2D eigenvalue weighted by Crippen LogP contribution is 2.31. The van der Waals surface area contributed by atoms with Crippen LogP contribution in [0, 0.1) is 5.92 Å². The van der Waals surface area contributed by atoms with Crippen LogP contribution in [0.1, 0.15) is 31.0 Å². The molecule has 4 aromatic rings. The van der Waals surface area contributed by atoms with Gasteiger partial charge in [0.2, 0.25) is 0 Å². The van der Waals surface area contributed by atoms with E-state index in [9.17, 15) is 4.79 Å². The Morgan fingerprint density at radius 3 is 2.93 bits per heavy atom. The molecule has 158 valence electrons. The Morgan fingerprint density at radius 1 is 1.47 bits per heavy atom. The van der Waals surface area contributed by atoms with Gasteiger partial charge in [0.25, 0.3) is 5.56 Å². The molecule has 4 rings (SSSR count). The van der Waals surface area contributed by atoms with E-state index in [0.717, 1.165) is 38.4 Å². The number of nitrogens with zero attached hydrogens (tertiary/aromatic N) is 6. The van der Waals surface area contributed by atoms with Gasteiger partial charge in [-0.15, -0.1) is 11.3 Å². The van der Waals surface area contributed by atoms with Gasteiger partial charge in [-0.05, 0) is 19.4 Å². The number of aromatic amines is 1. The molecule has 0 fully saturated rings. The summed E-state index contributed by atoms with van der Waals surface area (Å²) in [6.07, 6.45) is 7.03. The number of aryl methyl sites for hydroxylation is 1. The number of rotatable bonds is 7. The minimum Gasteiger partial charge on any atom is -0.323 e. The molecule has 0 aliphatic carbocycles. The highest BCUT2D eigenvalue weighted by Gasteiger charge is 2.20. The largest absolute Gasteiger partial charge is 0.323 e. The van der Waals surface area contributed by atoms with E-state index in [1.807, 2.05) is 30.8 Å². The lowest BCUT2D eigenvalue weighted by atomic mass is 9.98. The molecule has 4 aromatic heterocycles. The van der Waals surface area contributed by atoms with Crippen molar-refractivity contribution in [2.45, 2.75) is 33.2 Å². The van der Waals surface area contributed by atoms with Crippen LogP contribution in [0.3, 0.4) is 0 Å². The second-order valence-electron chi connectivity index (χ2n) is 7.60. The SMILES string of the molecule is CCC(Cn1ncc2c3sc(Cc4cc[nH]n4)nc3n(C)c2c1=O)/C(C)=C\N(C)N. The number of nitrogens with one attached hydrogen (secondary N) is 1. The molecule has 0 aromatic carbocycles. The van der Waals surface area contributed by atoms with Crippen LogP contribution >= 0.6 is 11.3 Å². The standard InChI is InChI=1S/C20H26N8OS/c1-5-13(12(2)10-26(3)21)11-28-20(29)17-15(9-23-28)18-19(27(17)4)24-16(30-18)8-14-6-7-22-25-14/h6-7,9-10,13H,5,8,11,21H2,1-4H3,(H,22,25)/b12-10-. The molecule has 0 aliphatic rings. The summed E-state index contributed by atoms with van der Waals surface area (Å²) in [5.41, 5.74) is 3.41. The van der Waals surface area contributed by atoms with Crippen molar-refractivity contribution >= 4 is 32.6 Å². The van der Waals surface area contributed by atoms with Gasteiger partial charge in [-0.2, -0.15) is 10.2 Å². The van der Waals surface area contributed by atoms with Crippen molar-refractivity contribution in [3.8, 4) is 0 Å². The number of hydrogen-bond donors (Lipinski definition) is 2. The number of fused-ring (bicyclic) bond motifs is 3.